The summed E-state index contributed by atoms with van der Waals surface area (Å²) in [5.74, 6) is 0.636. The van der Waals surface area contributed by atoms with E-state index in [2.05, 4.69) is 158 Å². The average molecular weight is 819 g/mol. The smallest absolute Gasteiger partial charge is 0.241 e. The Hall–Kier alpha value is -2.46. The maximum absolute atomic E-state index is 11.6. The van der Waals surface area contributed by atoms with Crippen LogP contribution in [0.25, 0.3) is 0 Å². The van der Waals surface area contributed by atoms with Gasteiger partial charge in [0, 0.05) is 23.7 Å². The summed E-state index contributed by atoms with van der Waals surface area (Å²) < 4.78 is -0.324. The molecular formula is C46H82N4O4S2. The number of carbonyl (C=O) groups excluding carboxylic acids is 4. The molecule has 0 saturated carbocycles. The summed E-state index contributed by atoms with van der Waals surface area (Å²) in [6.45, 7) is 53.8. The maximum atomic E-state index is 11.6. The summed E-state index contributed by atoms with van der Waals surface area (Å²) in [5.41, 5.74) is 2.83. The second-order valence-electron chi connectivity index (χ2n) is 22.4. The lowest BCUT2D eigenvalue weighted by Crippen LogP contribution is -2.36. The first kappa shape index (κ1) is 53.5. The Morgan fingerprint density at radius 3 is 1.36 bits per heavy atom. The second kappa shape index (κ2) is 20.5. The molecule has 4 amide bonds. The third-order valence-electron chi connectivity index (χ3n) is 9.03. The molecule has 4 unspecified atom stereocenters. The van der Waals surface area contributed by atoms with Crippen LogP contribution in [-0.2, 0) is 19.2 Å². The SMILES string of the molecule is C=C1CC(C)(CC(C)(C)C)C(=O)N1.C=C1CC(CC(C)(C)C)C(=O)N1.C=C1NC(=O)C(C)(CC(C)(C)C)S1.C=C1NC(=O)C(CC(C)(C)C)S1.CCC(C)(C)C. The summed E-state index contributed by atoms with van der Waals surface area (Å²) in [7, 11) is 0. The monoisotopic (exact) mass is 819 g/mol. The molecule has 4 aliphatic heterocycles. The van der Waals surface area contributed by atoms with Gasteiger partial charge >= 0.3 is 0 Å². The number of hydrogen-bond acceptors (Lipinski definition) is 6. The molecule has 4 rings (SSSR count). The normalized spacial score (nSPS) is 25.3. The van der Waals surface area contributed by atoms with Gasteiger partial charge in [-0.15, -0.1) is 0 Å². The number of carbonyl (C=O) groups is 4. The predicted octanol–water partition coefficient (Wildman–Crippen LogP) is 11.6. The van der Waals surface area contributed by atoms with Crippen molar-refractivity contribution in [1.82, 2.24) is 21.3 Å². The van der Waals surface area contributed by atoms with Crippen LogP contribution >= 0.6 is 23.5 Å². The number of hydrogen-bond donors (Lipinski definition) is 4. The van der Waals surface area contributed by atoms with E-state index in [1.165, 1.54) is 6.42 Å². The Balaban J connectivity index is 0.000000688. The van der Waals surface area contributed by atoms with Gasteiger partial charge in [0.2, 0.25) is 23.6 Å². The van der Waals surface area contributed by atoms with Crippen molar-refractivity contribution in [3.05, 3.63) is 47.8 Å². The van der Waals surface area contributed by atoms with E-state index in [0.717, 1.165) is 60.0 Å². The van der Waals surface area contributed by atoms with Crippen molar-refractivity contribution in [3.63, 3.8) is 0 Å². The molecule has 4 heterocycles. The molecule has 56 heavy (non-hydrogen) atoms. The van der Waals surface area contributed by atoms with Crippen molar-refractivity contribution in [3.8, 4) is 0 Å². The number of amides is 4. The number of allylic oxidation sites excluding steroid dienone is 2. The quantitative estimate of drug-likeness (QED) is 0.224. The topological polar surface area (TPSA) is 116 Å². The second-order valence-corrected chi connectivity index (χ2v) is 25.3. The molecule has 10 heteroatoms. The van der Waals surface area contributed by atoms with Gasteiger partial charge in [0.05, 0.1) is 25.5 Å². The molecule has 0 bridgehead atoms. The van der Waals surface area contributed by atoms with Gasteiger partial charge < -0.3 is 21.3 Å². The summed E-state index contributed by atoms with van der Waals surface area (Å²) in [6, 6.07) is 0. The van der Waals surface area contributed by atoms with Crippen LogP contribution in [0, 0.1) is 38.4 Å². The van der Waals surface area contributed by atoms with Crippen molar-refractivity contribution in [1.29, 1.82) is 0 Å². The van der Waals surface area contributed by atoms with Crippen LogP contribution in [0.1, 0.15) is 170 Å². The van der Waals surface area contributed by atoms with E-state index in [1.807, 2.05) is 13.8 Å². The first-order chi connectivity index (χ1) is 24.8. The number of rotatable bonds is 4. The molecule has 0 aromatic heterocycles. The van der Waals surface area contributed by atoms with E-state index in [1.54, 1.807) is 23.5 Å². The highest BCUT2D eigenvalue weighted by Gasteiger charge is 2.44. The van der Waals surface area contributed by atoms with Crippen molar-refractivity contribution in [2.75, 3.05) is 0 Å². The minimum Gasteiger partial charge on any atom is -0.330 e. The zero-order valence-corrected chi connectivity index (χ0v) is 40.5. The van der Waals surface area contributed by atoms with Crippen LogP contribution in [0.5, 0.6) is 0 Å². The molecule has 322 valence electrons. The molecule has 4 fully saturated rings. The molecule has 0 aromatic carbocycles. The van der Waals surface area contributed by atoms with Crippen molar-refractivity contribution >= 4 is 47.2 Å². The Bertz CT molecular complexity index is 1350. The first-order valence-corrected chi connectivity index (χ1v) is 21.8. The fourth-order valence-electron chi connectivity index (χ4n) is 6.74. The summed E-state index contributed by atoms with van der Waals surface area (Å²) in [4.78, 5) is 45.8. The molecule has 8 nitrogen and oxygen atoms in total. The van der Waals surface area contributed by atoms with Crippen molar-refractivity contribution < 1.29 is 19.2 Å². The first-order valence-electron chi connectivity index (χ1n) is 20.1. The highest BCUT2D eigenvalue weighted by Crippen LogP contribution is 2.44. The minimum absolute atomic E-state index is 0.0671. The highest BCUT2D eigenvalue weighted by atomic mass is 32.2. The summed E-state index contributed by atoms with van der Waals surface area (Å²) in [5, 5.41) is 12.7. The van der Waals surface area contributed by atoms with Crippen LogP contribution in [0.3, 0.4) is 0 Å². The van der Waals surface area contributed by atoms with Gasteiger partial charge in [-0.2, -0.15) is 0 Å². The third kappa shape index (κ3) is 22.5. The lowest BCUT2D eigenvalue weighted by atomic mass is 9.74. The van der Waals surface area contributed by atoms with Crippen molar-refractivity contribution in [2.24, 2.45) is 38.4 Å². The van der Waals surface area contributed by atoms with E-state index in [9.17, 15) is 19.2 Å². The van der Waals surface area contributed by atoms with E-state index in [-0.39, 0.29) is 66.6 Å². The molecule has 4 aliphatic rings. The molecule has 4 atom stereocenters. The molecule has 0 aromatic rings. The zero-order valence-electron chi connectivity index (χ0n) is 38.9. The number of thioether (sulfide) groups is 2. The van der Waals surface area contributed by atoms with Crippen LogP contribution < -0.4 is 21.3 Å². The van der Waals surface area contributed by atoms with Gasteiger partial charge in [0.1, 0.15) is 0 Å². The summed E-state index contributed by atoms with van der Waals surface area (Å²) >= 11 is 3.09. The molecule has 4 N–H and O–H groups in total. The summed E-state index contributed by atoms with van der Waals surface area (Å²) in [6.07, 6.45) is 6.49. The molecular weight excluding hydrogens is 737 g/mol. The van der Waals surface area contributed by atoms with Crippen LogP contribution in [-0.4, -0.2) is 33.6 Å². The number of nitrogens with one attached hydrogen (secondary N) is 4. The Morgan fingerprint density at radius 2 is 1.07 bits per heavy atom. The van der Waals surface area contributed by atoms with Gasteiger partial charge in [0.15, 0.2) is 0 Å². The van der Waals surface area contributed by atoms with Gasteiger partial charge in [-0.3, -0.25) is 19.2 Å². The van der Waals surface area contributed by atoms with Gasteiger partial charge in [-0.1, -0.05) is 174 Å². The standard InChI is InChI=1S/C11H19NO.C10H17NOS.C10H17NO.C9H15NOS.C6H14/c1-8-6-11(5,9(13)12-8)7-10(2,3)4;1-7-11-8(12)10(5,13-7)6-9(2,3)4;1-7-5-8(9(12)11-7)6-10(2,3)4;1-6-10-8(11)7(12-6)5-9(2,3)4;1-5-6(2,3)4/h1,6-7H2,2-5H3,(H,12,13);1,6H2,2-5H3,(H,11,12);8H,1,5-6H2,2-4H3,(H,11,12);7H,1,5H2,2-4H3,(H,10,11);5H2,1-4H3. The lowest BCUT2D eigenvalue weighted by molar-refractivity contribution is -0.128. The Kier molecular flexibility index (Phi) is 19.6. The Morgan fingerprint density at radius 1 is 0.589 bits per heavy atom. The van der Waals surface area contributed by atoms with Crippen LogP contribution in [0.15, 0.2) is 47.8 Å². The van der Waals surface area contributed by atoms with E-state index >= 15 is 0 Å². The fraction of sp³-hybridized carbons (Fsp3) is 0.739. The van der Waals surface area contributed by atoms with Crippen LogP contribution in [0.4, 0.5) is 0 Å². The molecule has 4 saturated heterocycles. The van der Waals surface area contributed by atoms with Gasteiger partial charge in [-0.25, -0.2) is 0 Å². The lowest BCUT2D eigenvalue weighted by Gasteiger charge is -2.29. The molecule has 0 aliphatic carbocycles. The predicted molar refractivity (Wildman–Crippen MR) is 243 cm³/mol. The zero-order chi connectivity index (χ0) is 44.5. The maximum Gasteiger partial charge on any atom is 0.241 e. The fourth-order valence-corrected chi connectivity index (χ4v) is 9.32. The van der Waals surface area contributed by atoms with E-state index in [0.29, 0.717) is 5.41 Å². The third-order valence-corrected chi connectivity index (χ3v) is 11.2. The molecule has 0 radical (unpaired) electrons. The minimum atomic E-state index is -0.324. The van der Waals surface area contributed by atoms with Gasteiger partial charge in [-0.05, 0) is 66.1 Å². The largest absolute Gasteiger partial charge is 0.330 e. The van der Waals surface area contributed by atoms with Crippen LogP contribution in [0.2, 0.25) is 0 Å². The van der Waals surface area contributed by atoms with Gasteiger partial charge in [0.25, 0.3) is 0 Å². The average Bonchev–Trinajstić information content (AvgIpc) is 3.57. The Labute approximate surface area is 351 Å². The van der Waals surface area contributed by atoms with E-state index < -0.39 is 0 Å². The van der Waals surface area contributed by atoms with E-state index in [4.69, 9.17) is 0 Å². The van der Waals surface area contributed by atoms with Crippen molar-refractivity contribution in [2.45, 2.75) is 180 Å². The molecule has 0 spiro atoms. The highest BCUT2D eigenvalue weighted by molar-refractivity contribution is 8.05.